The fourth-order valence-electron chi connectivity index (χ4n) is 2.77. The fraction of sp³-hybridized carbons (Fsp3) is 0. The number of nitrogens with zero attached hydrogens (tertiary/aromatic N) is 1. The van der Waals surface area contributed by atoms with Crippen LogP contribution in [0.4, 0.5) is 10.1 Å². The molecule has 1 amide bonds. The van der Waals surface area contributed by atoms with Gasteiger partial charge in [0.15, 0.2) is 0 Å². The predicted molar refractivity (Wildman–Crippen MR) is 111 cm³/mol. The summed E-state index contributed by atoms with van der Waals surface area (Å²) in [6, 6.07) is 14.2. The molecule has 4 rings (SSSR count). The number of aromatic amines is 1. The van der Waals surface area contributed by atoms with Crippen LogP contribution >= 0.6 is 34.8 Å². The Morgan fingerprint density at radius 1 is 0.964 bits per heavy atom. The summed E-state index contributed by atoms with van der Waals surface area (Å²) in [4.78, 5) is 20.1. The van der Waals surface area contributed by atoms with Crippen LogP contribution in [0.25, 0.3) is 22.4 Å². The van der Waals surface area contributed by atoms with E-state index in [1.165, 1.54) is 18.2 Å². The van der Waals surface area contributed by atoms with Crippen molar-refractivity contribution >= 4 is 57.4 Å². The number of imidazole rings is 1. The van der Waals surface area contributed by atoms with Crippen molar-refractivity contribution in [1.82, 2.24) is 9.97 Å². The van der Waals surface area contributed by atoms with Crippen LogP contribution in [0, 0.1) is 5.82 Å². The number of anilines is 1. The summed E-state index contributed by atoms with van der Waals surface area (Å²) in [5.41, 5.74) is 2.69. The van der Waals surface area contributed by atoms with Crippen molar-refractivity contribution in [1.29, 1.82) is 0 Å². The summed E-state index contributed by atoms with van der Waals surface area (Å²) in [6.07, 6.45) is 0. The highest BCUT2D eigenvalue weighted by atomic mass is 35.5. The van der Waals surface area contributed by atoms with Crippen molar-refractivity contribution in [3.05, 3.63) is 81.0 Å². The molecule has 0 aliphatic carbocycles. The molecule has 4 aromatic rings. The van der Waals surface area contributed by atoms with E-state index in [9.17, 15) is 9.18 Å². The molecule has 1 heterocycles. The minimum absolute atomic E-state index is 0.0666. The lowest BCUT2D eigenvalue weighted by molar-refractivity contribution is 0.102. The molecule has 140 valence electrons. The second kappa shape index (κ2) is 7.43. The first-order chi connectivity index (χ1) is 13.4. The number of hydrogen-bond acceptors (Lipinski definition) is 2. The van der Waals surface area contributed by atoms with Crippen LogP contribution < -0.4 is 5.32 Å². The van der Waals surface area contributed by atoms with E-state index in [-0.39, 0.29) is 10.9 Å². The molecule has 0 aliphatic rings. The Kier molecular flexibility index (Phi) is 4.98. The molecule has 3 aromatic carbocycles. The average molecular weight is 435 g/mol. The molecule has 0 fully saturated rings. The average Bonchev–Trinajstić information content (AvgIpc) is 3.07. The van der Waals surface area contributed by atoms with E-state index in [1.54, 1.807) is 36.4 Å². The molecule has 0 spiro atoms. The molecule has 8 heteroatoms. The molecular formula is C20H11Cl3FN3O. The first-order valence-electron chi connectivity index (χ1n) is 8.13. The first-order valence-corrected chi connectivity index (χ1v) is 9.26. The van der Waals surface area contributed by atoms with Crippen LogP contribution in [0.1, 0.15) is 10.4 Å². The quantitative estimate of drug-likeness (QED) is 0.382. The number of fused-ring (bicyclic) bond motifs is 1. The van der Waals surface area contributed by atoms with Gasteiger partial charge in [0.25, 0.3) is 5.91 Å². The molecule has 0 aliphatic heterocycles. The summed E-state index contributed by atoms with van der Waals surface area (Å²) in [6.45, 7) is 0. The van der Waals surface area contributed by atoms with Crippen LogP contribution in [-0.4, -0.2) is 15.9 Å². The van der Waals surface area contributed by atoms with Gasteiger partial charge in [0.1, 0.15) is 11.6 Å². The lowest BCUT2D eigenvalue weighted by Crippen LogP contribution is -2.11. The second-order valence-corrected chi connectivity index (χ2v) is 7.22. The predicted octanol–water partition coefficient (Wildman–Crippen LogP) is 6.58. The van der Waals surface area contributed by atoms with Crippen LogP contribution in [0.15, 0.2) is 54.6 Å². The lowest BCUT2D eigenvalue weighted by atomic mass is 10.2. The number of hydrogen-bond donors (Lipinski definition) is 2. The van der Waals surface area contributed by atoms with E-state index in [0.29, 0.717) is 43.7 Å². The number of halogens is 4. The zero-order valence-electron chi connectivity index (χ0n) is 14.1. The molecule has 2 N–H and O–H groups in total. The van der Waals surface area contributed by atoms with Crippen LogP contribution in [0.3, 0.4) is 0 Å². The second-order valence-electron chi connectivity index (χ2n) is 6.00. The van der Waals surface area contributed by atoms with E-state index in [0.717, 1.165) is 0 Å². The largest absolute Gasteiger partial charge is 0.338 e. The monoisotopic (exact) mass is 433 g/mol. The SMILES string of the molecule is O=C(Nc1ccc(F)c(Cl)c1)c1ccc2nc(-c3c(Cl)cccc3Cl)[nH]c2c1. The van der Waals surface area contributed by atoms with Gasteiger partial charge in [-0.2, -0.15) is 0 Å². The molecule has 0 bridgehead atoms. The highest BCUT2D eigenvalue weighted by Crippen LogP contribution is 2.34. The minimum atomic E-state index is -0.552. The Labute approximate surface area is 174 Å². The molecule has 1 aromatic heterocycles. The van der Waals surface area contributed by atoms with E-state index >= 15 is 0 Å². The van der Waals surface area contributed by atoms with Crippen molar-refractivity contribution in [2.75, 3.05) is 5.32 Å². The van der Waals surface area contributed by atoms with Crippen molar-refractivity contribution in [2.24, 2.45) is 0 Å². The smallest absolute Gasteiger partial charge is 0.255 e. The maximum absolute atomic E-state index is 13.3. The summed E-state index contributed by atoms with van der Waals surface area (Å²) in [5, 5.41) is 3.55. The third-order valence-electron chi connectivity index (χ3n) is 4.12. The zero-order chi connectivity index (χ0) is 19.8. The molecule has 0 saturated heterocycles. The number of aromatic nitrogens is 2. The van der Waals surface area contributed by atoms with Gasteiger partial charge in [0, 0.05) is 11.3 Å². The number of carbonyl (C=O) groups is 1. The molecule has 28 heavy (non-hydrogen) atoms. The topological polar surface area (TPSA) is 57.8 Å². The van der Waals surface area contributed by atoms with Crippen molar-refractivity contribution in [3.63, 3.8) is 0 Å². The Balaban J connectivity index is 1.66. The van der Waals surface area contributed by atoms with Crippen LogP contribution in [0.2, 0.25) is 15.1 Å². The van der Waals surface area contributed by atoms with Gasteiger partial charge >= 0.3 is 0 Å². The van der Waals surface area contributed by atoms with Gasteiger partial charge in [0.2, 0.25) is 0 Å². The fourth-order valence-corrected chi connectivity index (χ4v) is 3.53. The van der Waals surface area contributed by atoms with E-state index in [2.05, 4.69) is 15.3 Å². The third kappa shape index (κ3) is 3.56. The van der Waals surface area contributed by atoms with Crippen LogP contribution in [-0.2, 0) is 0 Å². The number of H-pyrrole nitrogens is 1. The Morgan fingerprint density at radius 3 is 2.43 bits per heavy atom. The van der Waals surface area contributed by atoms with E-state index in [1.807, 2.05) is 0 Å². The van der Waals surface area contributed by atoms with Crippen molar-refractivity contribution in [3.8, 4) is 11.4 Å². The van der Waals surface area contributed by atoms with Gasteiger partial charge in [-0.3, -0.25) is 4.79 Å². The van der Waals surface area contributed by atoms with Gasteiger partial charge in [0.05, 0.1) is 31.7 Å². The Hall–Kier alpha value is -2.60. The highest BCUT2D eigenvalue weighted by molar-refractivity contribution is 6.39. The van der Waals surface area contributed by atoms with Crippen molar-refractivity contribution in [2.45, 2.75) is 0 Å². The summed E-state index contributed by atoms with van der Waals surface area (Å²) < 4.78 is 13.3. The summed E-state index contributed by atoms with van der Waals surface area (Å²) >= 11 is 18.2. The Morgan fingerprint density at radius 2 is 1.71 bits per heavy atom. The molecule has 0 radical (unpaired) electrons. The molecule has 0 unspecified atom stereocenters. The number of benzene rings is 3. The summed E-state index contributed by atoms with van der Waals surface area (Å²) in [5.74, 6) is -0.408. The Bertz CT molecular complexity index is 1200. The zero-order valence-corrected chi connectivity index (χ0v) is 16.3. The van der Waals surface area contributed by atoms with Gasteiger partial charge in [-0.15, -0.1) is 0 Å². The number of amides is 1. The normalized spacial score (nSPS) is 11.0. The highest BCUT2D eigenvalue weighted by Gasteiger charge is 2.14. The van der Waals surface area contributed by atoms with E-state index < -0.39 is 5.82 Å². The molecule has 4 nitrogen and oxygen atoms in total. The van der Waals surface area contributed by atoms with Gasteiger partial charge < -0.3 is 10.3 Å². The van der Waals surface area contributed by atoms with Crippen LogP contribution in [0.5, 0.6) is 0 Å². The maximum atomic E-state index is 13.3. The number of carbonyl (C=O) groups excluding carboxylic acids is 1. The third-order valence-corrected chi connectivity index (χ3v) is 5.04. The maximum Gasteiger partial charge on any atom is 0.255 e. The molecule has 0 atom stereocenters. The lowest BCUT2D eigenvalue weighted by Gasteiger charge is -2.06. The number of rotatable bonds is 3. The van der Waals surface area contributed by atoms with Gasteiger partial charge in [-0.25, -0.2) is 9.37 Å². The van der Waals surface area contributed by atoms with E-state index in [4.69, 9.17) is 34.8 Å². The standard InChI is InChI=1S/C20H11Cl3FN3O/c21-12-2-1-3-13(22)18(12)19-26-16-7-4-10(8-17(16)27-19)20(28)25-11-5-6-15(24)14(23)9-11/h1-9H,(H,25,28)(H,26,27). The summed E-state index contributed by atoms with van der Waals surface area (Å²) in [7, 11) is 0. The minimum Gasteiger partial charge on any atom is -0.338 e. The molecular weight excluding hydrogens is 424 g/mol. The van der Waals surface area contributed by atoms with Gasteiger partial charge in [-0.1, -0.05) is 40.9 Å². The first kappa shape index (κ1) is 18.7. The van der Waals surface area contributed by atoms with Crippen molar-refractivity contribution < 1.29 is 9.18 Å². The number of nitrogens with one attached hydrogen (secondary N) is 2. The van der Waals surface area contributed by atoms with Gasteiger partial charge in [-0.05, 0) is 48.5 Å². The molecule has 0 saturated carbocycles.